The minimum Gasteiger partial charge on any atom is -0.375 e. The molecule has 3 rings (SSSR count). The van der Waals surface area contributed by atoms with Crippen LogP contribution in [0.1, 0.15) is 53.9 Å². The molecule has 0 aromatic rings. The molecular formula is C23H48N4O4. The maximum absolute atomic E-state index is 11.8. The van der Waals surface area contributed by atoms with E-state index in [1.807, 2.05) is 32.6 Å². The van der Waals surface area contributed by atoms with Crippen molar-refractivity contribution in [2.45, 2.75) is 66.1 Å². The fourth-order valence-electron chi connectivity index (χ4n) is 3.53. The number of nitrogens with one attached hydrogen (secondary N) is 1. The van der Waals surface area contributed by atoms with Crippen LogP contribution in [-0.4, -0.2) is 112 Å². The molecule has 3 fully saturated rings. The van der Waals surface area contributed by atoms with Gasteiger partial charge in [0.2, 0.25) is 11.8 Å². The molecule has 184 valence electrons. The standard InChI is InChI=1S/C11H20N2O2.C8H16N2O2.2C2H6/c1-12-6-7-15-10(9-12)8-11(14)13-4-2-3-5-13;1-7(11)9-5-8-6-10(2)3-4-12-8;2*1-2/h10H,2-9H2,1H3;8H,3-6H2,1-2H3,(H,9,11);2*1-2H3. The van der Waals surface area contributed by atoms with Gasteiger partial charge in [-0.2, -0.15) is 0 Å². The zero-order valence-electron chi connectivity index (χ0n) is 21.1. The molecule has 0 aliphatic carbocycles. The van der Waals surface area contributed by atoms with Crippen molar-refractivity contribution in [1.82, 2.24) is 20.0 Å². The van der Waals surface area contributed by atoms with Gasteiger partial charge in [-0.05, 0) is 26.9 Å². The molecule has 3 aliphatic heterocycles. The Balaban J connectivity index is 0.000000510. The van der Waals surface area contributed by atoms with Crippen LogP contribution in [0.5, 0.6) is 0 Å². The fraction of sp³-hybridized carbons (Fsp3) is 0.913. The van der Waals surface area contributed by atoms with Gasteiger partial charge in [0, 0.05) is 52.7 Å². The summed E-state index contributed by atoms with van der Waals surface area (Å²) in [5.41, 5.74) is 0. The van der Waals surface area contributed by atoms with Crippen LogP contribution < -0.4 is 5.32 Å². The number of morpholine rings is 2. The predicted molar refractivity (Wildman–Crippen MR) is 126 cm³/mol. The molecule has 0 spiro atoms. The summed E-state index contributed by atoms with van der Waals surface area (Å²) in [6.07, 6.45) is 3.16. The molecule has 0 aromatic heterocycles. The van der Waals surface area contributed by atoms with Gasteiger partial charge in [-0.15, -0.1) is 0 Å². The molecule has 3 aliphatic rings. The summed E-state index contributed by atoms with van der Waals surface area (Å²) >= 11 is 0. The van der Waals surface area contributed by atoms with Gasteiger partial charge in [0.1, 0.15) is 0 Å². The van der Waals surface area contributed by atoms with E-state index < -0.39 is 0 Å². The number of amides is 2. The molecule has 8 nitrogen and oxygen atoms in total. The van der Waals surface area contributed by atoms with Gasteiger partial charge in [-0.1, -0.05) is 27.7 Å². The fourth-order valence-corrected chi connectivity index (χ4v) is 3.53. The Morgan fingerprint density at radius 1 is 0.839 bits per heavy atom. The van der Waals surface area contributed by atoms with E-state index in [0.29, 0.717) is 13.0 Å². The molecule has 2 unspecified atom stereocenters. The SMILES string of the molecule is CC.CC.CC(=O)NCC1CN(C)CCO1.CN1CCOC(CC(=O)N2CCCC2)C1. The lowest BCUT2D eigenvalue weighted by Crippen LogP contribution is -2.45. The van der Waals surface area contributed by atoms with E-state index in [0.717, 1.165) is 65.3 Å². The van der Waals surface area contributed by atoms with Crippen LogP contribution >= 0.6 is 0 Å². The zero-order valence-corrected chi connectivity index (χ0v) is 21.1. The van der Waals surface area contributed by atoms with Crippen molar-refractivity contribution in [2.75, 3.05) is 73.1 Å². The van der Waals surface area contributed by atoms with Crippen LogP contribution in [0.4, 0.5) is 0 Å². The lowest BCUT2D eigenvalue weighted by molar-refractivity contribution is -0.134. The van der Waals surface area contributed by atoms with Gasteiger partial charge in [0.05, 0.1) is 31.8 Å². The van der Waals surface area contributed by atoms with E-state index in [2.05, 4.69) is 29.2 Å². The minimum absolute atomic E-state index is 0.00632. The second-order valence-electron chi connectivity index (χ2n) is 7.74. The highest BCUT2D eigenvalue weighted by Gasteiger charge is 2.25. The van der Waals surface area contributed by atoms with Gasteiger partial charge in [-0.3, -0.25) is 9.59 Å². The van der Waals surface area contributed by atoms with Crippen molar-refractivity contribution in [2.24, 2.45) is 0 Å². The van der Waals surface area contributed by atoms with E-state index in [-0.39, 0.29) is 24.0 Å². The maximum Gasteiger partial charge on any atom is 0.225 e. The predicted octanol–water partition coefficient (Wildman–Crippen LogP) is 1.84. The second kappa shape index (κ2) is 18.4. The summed E-state index contributed by atoms with van der Waals surface area (Å²) in [6.45, 7) is 17.3. The molecule has 8 heteroatoms. The average Bonchev–Trinajstić information content (AvgIpc) is 3.31. The zero-order chi connectivity index (χ0) is 23.6. The highest BCUT2D eigenvalue weighted by molar-refractivity contribution is 5.77. The van der Waals surface area contributed by atoms with Crippen molar-refractivity contribution in [3.63, 3.8) is 0 Å². The third-order valence-electron chi connectivity index (χ3n) is 5.12. The number of hydrogen-bond acceptors (Lipinski definition) is 6. The summed E-state index contributed by atoms with van der Waals surface area (Å²) in [5.74, 6) is 0.277. The summed E-state index contributed by atoms with van der Waals surface area (Å²) in [6, 6.07) is 0. The maximum atomic E-state index is 11.8. The molecule has 2 amide bonds. The van der Waals surface area contributed by atoms with Crippen LogP contribution in [-0.2, 0) is 19.1 Å². The Kier molecular flexibility index (Phi) is 17.6. The lowest BCUT2D eigenvalue weighted by Gasteiger charge is -2.30. The molecule has 3 saturated heterocycles. The van der Waals surface area contributed by atoms with Crippen molar-refractivity contribution < 1.29 is 19.1 Å². The van der Waals surface area contributed by atoms with E-state index >= 15 is 0 Å². The molecule has 0 saturated carbocycles. The molecule has 2 atom stereocenters. The van der Waals surface area contributed by atoms with Gasteiger partial charge in [0.15, 0.2) is 0 Å². The number of nitrogens with zero attached hydrogens (tertiary/aromatic N) is 3. The Morgan fingerprint density at radius 2 is 1.32 bits per heavy atom. The van der Waals surface area contributed by atoms with Crippen molar-refractivity contribution in [3.05, 3.63) is 0 Å². The van der Waals surface area contributed by atoms with Crippen LogP contribution in [0.25, 0.3) is 0 Å². The Labute approximate surface area is 190 Å². The Hall–Kier alpha value is -1.22. The molecule has 31 heavy (non-hydrogen) atoms. The topological polar surface area (TPSA) is 74.4 Å². The quantitative estimate of drug-likeness (QED) is 0.713. The summed E-state index contributed by atoms with van der Waals surface area (Å²) in [5, 5.41) is 2.75. The van der Waals surface area contributed by atoms with Crippen LogP contribution in [0.2, 0.25) is 0 Å². The van der Waals surface area contributed by atoms with E-state index in [9.17, 15) is 9.59 Å². The summed E-state index contributed by atoms with van der Waals surface area (Å²) in [7, 11) is 4.14. The van der Waals surface area contributed by atoms with E-state index in [4.69, 9.17) is 9.47 Å². The number of rotatable bonds is 4. The number of ether oxygens (including phenoxy) is 2. The monoisotopic (exact) mass is 444 g/mol. The summed E-state index contributed by atoms with van der Waals surface area (Å²) in [4.78, 5) is 28.8. The molecule has 0 radical (unpaired) electrons. The van der Waals surface area contributed by atoms with E-state index in [1.54, 1.807) is 0 Å². The molecule has 1 N–H and O–H groups in total. The Morgan fingerprint density at radius 3 is 1.81 bits per heavy atom. The normalized spacial score (nSPS) is 23.9. The first-order valence-corrected chi connectivity index (χ1v) is 12.1. The highest BCUT2D eigenvalue weighted by Crippen LogP contribution is 2.13. The lowest BCUT2D eigenvalue weighted by atomic mass is 10.2. The van der Waals surface area contributed by atoms with Crippen molar-refractivity contribution >= 4 is 11.8 Å². The van der Waals surface area contributed by atoms with E-state index in [1.165, 1.54) is 6.92 Å². The highest BCUT2D eigenvalue weighted by atomic mass is 16.5. The van der Waals surface area contributed by atoms with Crippen molar-refractivity contribution in [3.8, 4) is 0 Å². The molecule has 0 bridgehead atoms. The number of carbonyl (C=O) groups is 2. The third-order valence-corrected chi connectivity index (χ3v) is 5.12. The van der Waals surface area contributed by atoms with Gasteiger partial charge in [0.25, 0.3) is 0 Å². The van der Waals surface area contributed by atoms with Gasteiger partial charge < -0.3 is 29.5 Å². The van der Waals surface area contributed by atoms with Gasteiger partial charge in [-0.25, -0.2) is 0 Å². The molecule has 0 aromatic carbocycles. The molecular weight excluding hydrogens is 396 g/mol. The molecule has 3 heterocycles. The Bertz CT molecular complexity index is 472. The van der Waals surface area contributed by atoms with Crippen LogP contribution in [0.3, 0.4) is 0 Å². The number of carbonyl (C=O) groups excluding carboxylic acids is 2. The largest absolute Gasteiger partial charge is 0.375 e. The third kappa shape index (κ3) is 13.7. The van der Waals surface area contributed by atoms with Gasteiger partial charge >= 0.3 is 0 Å². The smallest absolute Gasteiger partial charge is 0.225 e. The average molecular weight is 445 g/mol. The van der Waals surface area contributed by atoms with Crippen LogP contribution in [0, 0.1) is 0 Å². The van der Waals surface area contributed by atoms with Crippen LogP contribution in [0.15, 0.2) is 0 Å². The first-order valence-electron chi connectivity index (χ1n) is 12.1. The first kappa shape index (κ1) is 29.8. The van der Waals surface area contributed by atoms with Crippen molar-refractivity contribution in [1.29, 1.82) is 0 Å². The second-order valence-corrected chi connectivity index (χ2v) is 7.74. The summed E-state index contributed by atoms with van der Waals surface area (Å²) < 4.78 is 11.0. The number of likely N-dealkylation sites (tertiary alicyclic amines) is 1. The first-order chi connectivity index (χ1) is 14.9. The number of hydrogen-bond donors (Lipinski definition) is 1. The minimum atomic E-state index is 0.00632. The number of likely N-dealkylation sites (N-methyl/N-ethyl adjacent to an activating group) is 2.